The molecule has 0 bridgehead atoms. The van der Waals surface area contributed by atoms with Crippen LogP contribution in [0.4, 0.5) is 0 Å². The van der Waals surface area contributed by atoms with Crippen LogP contribution in [0.1, 0.15) is 24.4 Å². The summed E-state index contributed by atoms with van der Waals surface area (Å²) >= 11 is 0. The molecule has 0 aromatic carbocycles. The van der Waals surface area contributed by atoms with Crippen LogP contribution >= 0.6 is 0 Å². The van der Waals surface area contributed by atoms with E-state index in [9.17, 15) is 9.59 Å². The second-order valence-corrected chi connectivity index (χ2v) is 4.39. The van der Waals surface area contributed by atoms with Gasteiger partial charge in [-0.15, -0.1) is 0 Å². The summed E-state index contributed by atoms with van der Waals surface area (Å²) in [5.74, 6) is 0.696. The highest BCUT2D eigenvalue weighted by atomic mass is 16.2. The van der Waals surface area contributed by atoms with Crippen molar-refractivity contribution in [2.24, 2.45) is 14.1 Å². The van der Waals surface area contributed by atoms with E-state index in [2.05, 4.69) is 20.5 Å². The molecule has 2 aromatic heterocycles. The van der Waals surface area contributed by atoms with E-state index < -0.39 is 0 Å². The lowest BCUT2D eigenvalue weighted by Gasteiger charge is -2.11. The third kappa shape index (κ3) is 2.63. The summed E-state index contributed by atoms with van der Waals surface area (Å²) in [5.41, 5.74) is -0.103. The number of aromatic amines is 1. The van der Waals surface area contributed by atoms with Crippen LogP contribution in [0.15, 0.2) is 22.1 Å². The van der Waals surface area contributed by atoms with Crippen molar-refractivity contribution in [1.29, 1.82) is 0 Å². The van der Waals surface area contributed by atoms with Crippen LogP contribution in [-0.2, 0) is 20.6 Å². The highest BCUT2D eigenvalue weighted by Crippen LogP contribution is 2.04. The summed E-state index contributed by atoms with van der Waals surface area (Å²) in [6.07, 6.45) is 2.98. The quantitative estimate of drug-likeness (QED) is 0.742. The minimum Gasteiger partial charge on any atom is -0.303 e. The number of aryl methyl sites for hydroxylation is 1. The molecule has 0 radical (unpaired) electrons. The van der Waals surface area contributed by atoms with Crippen molar-refractivity contribution in [2.45, 2.75) is 19.5 Å². The number of H-pyrrole nitrogens is 1. The lowest BCUT2D eigenvalue weighted by molar-refractivity contribution is 0.536. The second-order valence-electron chi connectivity index (χ2n) is 4.39. The lowest BCUT2D eigenvalue weighted by atomic mass is 10.2. The van der Waals surface area contributed by atoms with Gasteiger partial charge in [-0.3, -0.25) is 14.5 Å². The van der Waals surface area contributed by atoms with E-state index >= 15 is 0 Å². The summed E-state index contributed by atoms with van der Waals surface area (Å²) in [5, 5.41) is 9.68. The van der Waals surface area contributed by atoms with E-state index in [1.165, 1.54) is 17.9 Å². The van der Waals surface area contributed by atoms with E-state index in [1.54, 1.807) is 13.2 Å². The maximum absolute atomic E-state index is 11.9. The Bertz CT molecular complexity index is 669. The molecule has 8 nitrogen and oxygen atoms in total. The number of hydrogen-bond acceptors (Lipinski definition) is 5. The molecule has 0 spiro atoms. The molecule has 8 heteroatoms. The molecule has 102 valence electrons. The molecule has 1 unspecified atom stereocenters. The molecule has 0 amide bonds. The van der Waals surface area contributed by atoms with Gasteiger partial charge < -0.3 is 9.88 Å². The molecule has 2 aromatic rings. The Hall–Kier alpha value is -2.22. The molecule has 2 rings (SSSR count). The molecule has 0 saturated carbocycles. The van der Waals surface area contributed by atoms with Crippen molar-refractivity contribution in [3.63, 3.8) is 0 Å². The van der Waals surface area contributed by atoms with Crippen LogP contribution < -0.4 is 16.6 Å². The van der Waals surface area contributed by atoms with Crippen molar-refractivity contribution in [2.75, 3.05) is 0 Å². The van der Waals surface area contributed by atoms with Gasteiger partial charge in [-0.2, -0.15) is 5.10 Å². The Morgan fingerprint density at radius 2 is 2.16 bits per heavy atom. The fraction of sp³-hybridized carbons (Fsp3) is 0.455. The number of rotatable bonds is 4. The van der Waals surface area contributed by atoms with Gasteiger partial charge in [-0.25, -0.2) is 9.78 Å². The SMILES string of the molecule is CC(NCc1cn(C)c(=O)n(C)c1=O)c1ncn[nH]1. The first-order chi connectivity index (χ1) is 9.00. The van der Waals surface area contributed by atoms with Crippen molar-refractivity contribution in [3.05, 3.63) is 44.8 Å². The van der Waals surface area contributed by atoms with Gasteiger partial charge in [0.25, 0.3) is 5.56 Å². The maximum atomic E-state index is 11.9. The van der Waals surface area contributed by atoms with Gasteiger partial charge in [-0.1, -0.05) is 0 Å². The molecule has 0 aliphatic heterocycles. The zero-order valence-corrected chi connectivity index (χ0v) is 11.0. The van der Waals surface area contributed by atoms with Gasteiger partial charge in [0.1, 0.15) is 12.2 Å². The van der Waals surface area contributed by atoms with Crippen molar-refractivity contribution in [3.8, 4) is 0 Å². The minimum atomic E-state index is -0.336. The van der Waals surface area contributed by atoms with E-state index in [-0.39, 0.29) is 17.3 Å². The first-order valence-electron chi connectivity index (χ1n) is 5.85. The minimum absolute atomic E-state index is 0.0653. The molecule has 1 atom stereocenters. The van der Waals surface area contributed by atoms with Crippen LogP contribution in [0.3, 0.4) is 0 Å². The molecule has 0 aliphatic carbocycles. The molecule has 19 heavy (non-hydrogen) atoms. The van der Waals surface area contributed by atoms with E-state index in [0.29, 0.717) is 17.9 Å². The zero-order chi connectivity index (χ0) is 14.0. The Kier molecular flexibility index (Phi) is 3.61. The van der Waals surface area contributed by atoms with Gasteiger partial charge in [-0.05, 0) is 6.92 Å². The molecule has 0 saturated heterocycles. The Morgan fingerprint density at radius 1 is 1.42 bits per heavy atom. The summed E-state index contributed by atoms with van der Waals surface area (Å²) in [4.78, 5) is 27.5. The summed E-state index contributed by atoms with van der Waals surface area (Å²) in [6.45, 7) is 2.26. The van der Waals surface area contributed by atoms with Gasteiger partial charge >= 0.3 is 5.69 Å². The Labute approximate surface area is 109 Å². The molecule has 2 N–H and O–H groups in total. The first-order valence-corrected chi connectivity index (χ1v) is 5.85. The van der Waals surface area contributed by atoms with Crippen LogP contribution in [-0.4, -0.2) is 24.3 Å². The Balaban J connectivity index is 2.17. The Morgan fingerprint density at radius 3 is 2.79 bits per heavy atom. The average Bonchev–Trinajstić information content (AvgIpc) is 2.92. The second kappa shape index (κ2) is 5.19. The van der Waals surface area contributed by atoms with Crippen LogP contribution in [0.5, 0.6) is 0 Å². The summed E-state index contributed by atoms with van der Waals surface area (Å²) in [7, 11) is 3.08. The number of nitrogens with one attached hydrogen (secondary N) is 2. The third-order valence-electron chi connectivity index (χ3n) is 2.96. The van der Waals surface area contributed by atoms with Gasteiger partial charge in [0.15, 0.2) is 0 Å². The highest BCUT2D eigenvalue weighted by molar-refractivity contribution is 5.06. The fourth-order valence-corrected chi connectivity index (χ4v) is 1.79. The standard InChI is InChI=1S/C11H16N6O2/c1-7(9-13-6-14-15-9)12-4-8-5-16(2)11(19)17(3)10(8)18/h5-7,12H,4H2,1-3H3,(H,13,14,15). The number of nitrogens with zero attached hydrogens (tertiary/aromatic N) is 4. The predicted molar refractivity (Wildman–Crippen MR) is 68.6 cm³/mol. The van der Waals surface area contributed by atoms with Gasteiger partial charge in [0.05, 0.1) is 6.04 Å². The smallest absolute Gasteiger partial charge is 0.303 e. The van der Waals surface area contributed by atoms with Crippen LogP contribution in [0.25, 0.3) is 0 Å². The maximum Gasteiger partial charge on any atom is 0.330 e. The van der Waals surface area contributed by atoms with E-state index in [4.69, 9.17) is 0 Å². The number of hydrogen-bond donors (Lipinski definition) is 2. The number of aromatic nitrogens is 5. The zero-order valence-electron chi connectivity index (χ0n) is 11.0. The lowest BCUT2D eigenvalue weighted by Crippen LogP contribution is -2.39. The van der Waals surface area contributed by atoms with E-state index in [1.807, 2.05) is 6.92 Å². The summed E-state index contributed by atoms with van der Waals surface area (Å²) in [6, 6.07) is -0.0653. The summed E-state index contributed by atoms with van der Waals surface area (Å²) < 4.78 is 2.48. The molecule has 0 aliphatic rings. The average molecular weight is 264 g/mol. The van der Waals surface area contributed by atoms with Crippen LogP contribution in [0.2, 0.25) is 0 Å². The highest BCUT2D eigenvalue weighted by Gasteiger charge is 2.11. The van der Waals surface area contributed by atoms with E-state index in [0.717, 1.165) is 4.57 Å². The molecular formula is C11H16N6O2. The van der Waals surface area contributed by atoms with Crippen LogP contribution in [0, 0.1) is 0 Å². The van der Waals surface area contributed by atoms with Crippen molar-refractivity contribution < 1.29 is 0 Å². The molecule has 2 heterocycles. The van der Waals surface area contributed by atoms with Crippen molar-refractivity contribution in [1.82, 2.24) is 29.6 Å². The third-order valence-corrected chi connectivity index (χ3v) is 2.96. The topological polar surface area (TPSA) is 97.6 Å². The van der Waals surface area contributed by atoms with Gasteiger partial charge in [0, 0.05) is 32.4 Å². The monoisotopic (exact) mass is 264 g/mol. The predicted octanol–water partition coefficient (Wildman–Crippen LogP) is -0.947. The normalized spacial score (nSPS) is 12.6. The molecular weight excluding hydrogens is 248 g/mol. The first kappa shape index (κ1) is 13.2. The van der Waals surface area contributed by atoms with Crippen molar-refractivity contribution >= 4 is 0 Å². The largest absolute Gasteiger partial charge is 0.330 e. The van der Waals surface area contributed by atoms with Gasteiger partial charge in [0.2, 0.25) is 0 Å². The fourth-order valence-electron chi connectivity index (χ4n) is 1.79. The molecule has 0 fully saturated rings.